The molecule has 2 rings (SSSR count). The number of hydrogen-bond donors (Lipinski definition) is 2. The molecule has 0 radical (unpaired) electrons. The highest BCUT2D eigenvalue weighted by Gasteiger charge is 2.52. The summed E-state index contributed by atoms with van der Waals surface area (Å²) in [4.78, 5) is 35.8. The summed E-state index contributed by atoms with van der Waals surface area (Å²) in [6, 6.07) is 6.39. The van der Waals surface area contributed by atoms with Crippen LogP contribution in [0.2, 0.25) is 0 Å². The van der Waals surface area contributed by atoms with Crippen molar-refractivity contribution in [3.8, 4) is 5.75 Å². The lowest BCUT2D eigenvalue weighted by atomic mass is 9.70. The van der Waals surface area contributed by atoms with E-state index in [0.29, 0.717) is 5.75 Å². The molecule has 1 aliphatic heterocycles. The first-order valence-electron chi connectivity index (χ1n) is 6.70. The highest BCUT2D eigenvalue weighted by atomic mass is 16.5. The fourth-order valence-corrected chi connectivity index (χ4v) is 2.52. The van der Waals surface area contributed by atoms with E-state index in [-0.39, 0.29) is 12.3 Å². The average Bonchev–Trinajstić information content (AvgIpc) is 2.43. The van der Waals surface area contributed by atoms with E-state index in [1.165, 1.54) is 0 Å². The van der Waals surface area contributed by atoms with Crippen LogP contribution in [-0.2, 0) is 16.0 Å². The number of carbonyl (C=O) groups is 3. The number of imide groups is 2. The van der Waals surface area contributed by atoms with Crippen molar-refractivity contribution in [3.05, 3.63) is 29.8 Å². The number of hydrogen-bond acceptors (Lipinski definition) is 4. The Bertz CT molecular complexity index is 558. The van der Waals surface area contributed by atoms with Crippen LogP contribution in [0, 0.1) is 11.3 Å². The molecule has 1 fully saturated rings. The summed E-state index contributed by atoms with van der Waals surface area (Å²) in [5.74, 6) is -0.665. The van der Waals surface area contributed by atoms with Gasteiger partial charge >= 0.3 is 6.03 Å². The number of benzene rings is 1. The second-order valence-electron chi connectivity index (χ2n) is 5.39. The second kappa shape index (κ2) is 5.55. The highest BCUT2D eigenvalue weighted by Crippen LogP contribution is 2.34. The Morgan fingerprint density at radius 3 is 2.00 bits per heavy atom. The first-order chi connectivity index (χ1) is 9.90. The molecule has 1 heterocycles. The Labute approximate surface area is 122 Å². The molecule has 0 aliphatic carbocycles. The topological polar surface area (TPSA) is 84.5 Å². The Kier molecular flexibility index (Phi) is 3.97. The molecular weight excluding hydrogens is 272 g/mol. The van der Waals surface area contributed by atoms with Gasteiger partial charge in [0.25, 0.3) is 0 Å². The van der Waals surface area contributed by atoms with Crippen LogP contribution in [0.25, 0.3) is 0 Å². The molecule has 4 amide bonds. The van der Waals surface area contributed by atoms with Crippen molar-refractivity contribution in [2.75, 3.05) is 7.11 Å². The smallest absolute Gasteiger partial charge is 0.328 e. The predicted molar refractivity (Wildman–Crippen MR) is 75.7 cm³/mol. The van der Waals surface area contributed by atoms with E-state index in [1.807, 2.05) is 0 Å². The summed E-state index contributed by atoms with van der Waals surface area (Å²) in [5, 5.41) is 4.38. The van der Waals surface area contributed by atoms with Gasteiger partial charge < -0.3 is 4.74 Å². The lowest BCUT2D eigenvalue weighted by Crippen LogP contribution is -2.65. The molecular formula is C15H18N2O4. The molecule has 112 valence electrons. The van der Waals surface area contributed by atoms with Crippen LogP contribution in [0.1, 0.15) is 19.4 Å². The predicted octanol–water partition coefficient (Wildman–Crippen LogP) is 1.25. The lowest BCUT2D eigenvalue weighted by molar-refractivity contribution is -0.147. The SMILES string of the molecule is COc1ccc(CC2(C(C)C)C(=O)NC(=O)NC2=O)cc1. The zero-order valence-electron chi connectivity index (χ0n) is 12.2. The molecule has 1 aromatic rings. The van der Waals surface area contributed by atoms with E-state index in [0.717, 1.165) is 5.56 Å². The molecule has 0 atom stereocenters. The zero-order chi connectivity index (χ0) is 15.6. The van der Waals surface area contributed by atoms with Gasteiger partial charge in [-0.05, 0) is 30.0 Å². The van der Waals surface area contributed by atoms with Crippen LogP contribution in [0.4, 0.5) is 4.79 Å². The normalized spacial score (nSPS) is 17.4. The molecule has 6 nitrogen and oxygen atoms in total. The van der Waals surface area contributed by atoms with Crippen LogP contribution < -0.4 is 15.4 Å². The molecule has 0 unspecified atom stereocenters. The summed E-state index contributed by atoms with van der Waals surface area (Å²) >= 11 is 0. The molecule has 1 aromatic carbocycles. The first kappa shape index (κ1) is 15.0. The first-order valence-corrected chi connectivity index (χ1v) is 6.70. The van der Waals surface area contributed by atoms with Crippen molar-refractivity contribution >= 4 is 17.8 Å². The number of barbiturate groups is 1. The number of nitrogens with one attached hydrogen (secondary N) is 2. The molecule has 1 aliphatic rings. The summed E-state index contributed by atoms with van der Waals surface area (Å²) < 4.78 is 5.08. The number of methoxy groups -OCH3 is 1. The van der Waals surface area contributed by atoms with Gasteiger partial charge in [-0.15, -0.1) is 0 Å². The molecule has 0 saturated carbocycles. The standard InChI is InChI=1S/C15H18N2O4/c1-9(2)15(12(18)16-14(20)17-13(15)19)8-10-4-6-11(21-3)7-5-10/h4-7,9H,8H2,1-3H3,(H2,16,17,18,19,20). The molecule has 2 N–H and O–H groups in total. The largest absolute Gasteiger partial charge is 0.497 e. The van der Waals surface area contributed by atoms with Crippen molar-refractivity contribution in [2.45, 2.75) is 20.3 Å². The van der Waals surface area contributed by atoms with E-state index >= 15 is 0 Å². The van der Waals surface area contributed by atoms with E-state index in [4.69, 9.17) is 4.74 Å². The maximum atomic E-state index is 12.3. The Balaban J connectivity index is 2.35. The van der Waals surface area contributed by atoms with Crippen LogP contribution in [0.5, 0.6) is 5.75 Å². The average molecular weight is 290 g/mol. The van der Waals surface area contributed by atoms with Gasteiger partial charge in [0, 0.05) is 0 Å². The number of rotatable bonds is 4. The van der Waals surface area contributed by atoms with Crippen molar-refractivity contribution in [1.29, 1.82) is 0 Å². The second-order valence-corrected chi connectivity index (χ2v) is 5.39. The molecule has 6 heteroatoms. The number of amides is 4. The van der Waals surface area contributed by atoms with Gasteiger partial charge in [-0.2, -0.15) is 0 Å². The molecule has 0 aromatic heterocycles. The monoisotopic (exact) mass is 290 g/mol. The van der Waals surface area contributed by atoms with Crippen LogP contribution >= 0.6 is 0 Å². The van der Waals surface area contributed by atoms with E-state index in [1.54, 1.807) is 45.2 Å². The maximum absolute atomic E-state index is 12.3. The van der Waals surface area contributed by atoms with Gasteiger partial charge in [0.05, 0.1) is 7.11 Å². The van der Waals surface area contributed by atoms with Crippen LogP contribution in [0.15, 0.2) is 24.3 Å². The van der Waals surface area contributed by atoms with E-state index < -0.39 is 23.3 Å². The lowest BCUT2D eigenvalue weighted by Gasteiger charge is -2.37. The fourth-order valence-electron chi connectivity index (χ4n) is 2.52. The van der Waals surface area contributed by atoms with Gasteiger partial charge in [-0.25, -0.2) is 4.79 Å². The third-order valence-corrected chi connectivity index (χ3v) is 3.89. The molecule has 1 saturated heterocycles. The number of carbonyl (C=O) groups excluding carboxylic acids is 3. The van der Waals surface area contributed by atoms with Crippen molar-refractivity contribution < 1.29 is 19.1 Å². The Morgan fingerprint density at radius 1 is 1.05 bits per heavy atom. The summed E-state index contributed by atoms with van der Waals surface area (Å²) in [6.45, 7) is 3.58. The molecule has 21 heavy (non-hydrogen) atoms. The third-order valence-electron chi connectivity index (χ3n) is 3.89. The Morgan fingerprint density at radius 2 is 1.57 bits per heavy atom. The van der Waals surface area contributed by atoms with Crippen molar-refractivity contribution in [3.63, 3.8) is 0 Å². The van der Waals surface area contributed by atoms with Gasteiger partial charge in [-0.3, -0.25) is 20.2 Å². The van der Waals surface area contributed by atoms with Gasteiger partial charge in [0.2, 0.25) is 11.8 Å². The van der Waals surface area contributed by atoms with E-state index in [9.17, 15) is 14.4 Å². The van der Waals surface area contributed by atoms with Crippen molar-refractivity contribution in [1.82, 2.24) is 10.6 Å². The zero-order valence-corrected chi connectivity index (χ0v) is 12.2. The van der Waals surface area contributed by atoms with E-state index in [2.05, 4.69) is 10.6 Å². The van der Waals surface area contributed by atoms with Gasteiger partial charge in [0.15, 0.2) is 0 Å². The highest BCUT2D eigenvalue weighted by molar-refractivity contribution is 6.19. The van der Waals surface area contributed by atoms with Gasteiger partial charge in [0.1, 0.15) is 11.2 Å². The maximum Gasteiger partial charge on any atom is 0.328 e. The third kappa shape index (κ3) is 2.61. The van der Waals surface area contributed by atoms with Crippen molar-refractivity contribution in [2.24, 2.45) is 11.3 Å². The van der Waals surface area contributed by atoms with Crippen LogP contribution in [0.3, 0.4) is 0 Å². The quantitative estimate of drug-likeness (QED) is 0.817. The minimum absolute atomic E-state index is 0.222. The minimum Gasteiger partial charge on any atom is -0.497 e. The summed E-state index contributed by atoms with van der Waals surface area (Å²) in [6.07, 6.45) is 0.222. The molecule has 0 spiro atoms. The number of ether oxygens (including phenoxy) is 1. The van der Waals surface area contributed by atoms with Gasteiger partial charge in [-0.1, -0.05) is 26.0 Å². The Hall–Kier alpha value is -2.37. The fraction of sp³-hybridized carbons (Fsp3) is 0.400. The minimum atomic E-state index is -1.29. The summed E-state index contributed by atoms with van der Waals surface area (Å²) in [5.41, 5.74) is -0.466. The van der Waals surface area contributed by atoms with Crippen LogP contribution in [-0.4, -0.2) is 25.0 Å². The molecule has 0 bridgehead atoms. The summed E-state index contributed by atoms with van der Waals surface area (Å²) in [7, 11) is 1.57. The number of urea groups is 1.